The summed E-state index contributed by atoms with van der Waals surface area (Å²) in [5.74, 6) is 0.322. The summed E-state index contributed by atoms with van der Waals surface area (Å²) in [5.41, 5.74) is 19.7. The number of amides is 1. The number of carbonyl (C=O) groups excluding carboxylic acids is 1. The highest BCUT2D eigenvalue weighted by Crippen LogP contribution is 2.42. The molecule has 4 aromatic rings. The van der Waals surface area contributed by atoms with Gasteiger partial charge in [0.1, 0.15) is 11.4 Å². The summed E-state index contributed by atoms with van der Waals surface area (Å²) in [6, 6.07) is 24.6. The molecule has 1 amide bonds. The first-order valence-corrected chi connectivity index (χ1v) is 15.7. The van der Waals surface area contributed by atoms with Gasteiger partial charge in [-0.3, -0.25) is 9.98 Å². The normalized spacial score (nSPS) is 15.2. The molecule has 0 saturated heterocycles. The van der Waals surface area contributed by atoms with Crippen LogP contribution in [0.3, 0.4) is 0 Å². The van der Waals surface area contributed by atoms with Gasteiger partial charge >= 0.3 is 6.09 Å². The van der Waals surface area contributed by atoms with Crippen molar-refractivity contribution >= 4 is 23.3 Å². The number of nitrogens with one attached hydrogen (secondary N) is 1. The minimum atomic E-state index is -0.554. The maximum absolute atomic E-state index is 12.7. The molecule has 45 heavy (non-hydrogen) atoms. The number of nitrogen functional groups attached to an aromatic ring is 1. The lowest BCUT2D eigenvalue weighted by Crippen LogP contribution is -2.52. The third kappa shape index (κ3) is 7.40. The van der Waals surface area contributed by atoms with Crippen LogP contribution >= 0.6 is 0 Å². The van der Waals surface area contributed by atoms with Crippen molar-refractivity contribution in [3.8, 4) is 11.3 Å². The number of rotatable bonds is 9. The van der Waals surface area contributed by atoms with Gasteiger partial charge < -0.3 is 21.5 Å². The molecule has 8 nitrogen and oxygen atoms in total. The van der Waals surface area contributed by atoms with E-state index in [1.165, 1.54) is 5.56 Å². The predicted octanol–water partition coefficient (Wildman–Crippen LogP) is 7.36. The first-order chi connectivity index (χ1) is 21.5. The average Bonchev–Trinajstić information content (AvgIpc) is 2.98. The minimum absolute atomic E-state index is 0.103. The van der Waals surface area contributed by atoms with Crippen LogP contribution in [0.25, 0.3) is 11.3 Å². The number of aryl methyl sites for hydroxylation is 1. The predicted molar refractivity (Wildman–Crippen MR) is 182 cm³/mol. The van der Waals surface area contributed by atoms with Crippen LogP contribution in [0.2, 0.25) is 0 Å². The fourth-order valence-corrected chi connectivity index (χ4v) is 5.80. The fourth-order valence-electron chi connectivity index (χ4n) is 5.80. The number of benzene rings is 2. The SMILES string of the molecule is Cc1nc(-c2cccc(CCN)c2)ccc1N=C(c1cccnc1N)[C@@H](C)c1ccc(C2(NC(=O)OC(C)(C)C)CCC2)cc1. The maximum atomic E-state index is 12.7. The molecule has 8 heteroatoms. The Balaban J connectivity index is 1.45. The van der Waals surface area contributed by atoms with E-state index in [1.807, 2.05) is 58.0 Å². The van der Waals surface area contributed by atoms with Crippen LogP contribution in [0.15, 0.2) is 84.0 Å². The lowest BCUT2D eigenvalue weighted by atomic mass is 9.71. The zero-order chi connectivity index (χ0) is 32.2. The summed E-state index contributed by atoms with van der Waals surface area (Å²) >= 11 is 0. The smallest absolute Gasteiger partial charge is 0.408 e. The topological polar surface area (TPSA) is 129 Å². The number of pyridine rings is 2. The highest BCUT2D eigenvalue weighted by Gasteiger charge is 2.41. The van der Waals surface area contributed by atoms with Gasteiger partial charge in [-0.2, -0.15) is 0 Å². The van der Waals surface area contributed by atoms with Crippen molar-refractivity contribution in [2.24, 2.45) is 10.7 Å². The summed E-state index contributed by atoms with van der Waals surface area (Å²) < 4.78 is 5.56. The molecule has 1 aliphatic rings. The van der Waals surface area contributed by atoms with Crippen molar-refractivity contribution in [2.75, 3.05) is 12.3 Å². The molecule has 2 aromatic heterocycles. The van der Waals surface area contributed by atoms with E-state index in [2.05, 4.69) is 59.7 Å². The maximum Gasteiger partial charge on any atom is 0.408 e. The van der Waals surface area contributed by atoms with Gasteiger partial charge in [-0.25, -0.2) is 9.78 Å². The first-order valence-electron chi connectivity index (χ1n) is 15.7. The van der Waals surface area contributed by atoms with Gasteiger partial charge in [-0.15, -0.1) is 0 Å². The third-order valence-corrected chi connectivity index (χ3v) is 8.39. The molecule has 234 valence electrons. The minimum Gasteiger partial charge on any atom is -0.444 e. The Morgan fingerprint density at radius 2 is 1.82 bits per heavy atom. The van der Waals surface area contributed by atoms with Crippen LogP contribution in [0.4, 0.5) is 16.3 Å². The average molecular weight is 605 g/mol. The van der Waals surface area contributed by atoms with E-state index in [0.717, 1.165) is 70.7 Å². The molecule has 0 unspecified atom stereocenters. The number of anilines is 1. The third-order valence-electron chi connectivity index (χ3n) is 8.39. The number of nitrogens with zero attached hydrogens (tertiary/aromatic N) is 3. The van der Waals surface area contributed by atoms with Crippen LogP contribution in [0.5, 0.6) is 0 Å². The Hall–Kier alpha value is -4.56. The van der Waals surface area contributed by atoms with E-state index in [9.17, 15) is 4.79 Å². The van der Waals surface area contributed by atoms with Gasteiger partial charge in [-0.1, -0.05) is 49.4 Å². The number of alkyl carbamates (subject to hydrolysis) is 1. The molecule has 1 aliphatic carbocycles. The number of hydrogen-bond acceptors (Lipinski definition) is 7. The van der Waals surface area contributed by atoms with Crippen molar-refractivity contribution in [3.63, 3.8) is 0 Å². The number of ether oxygens (including phenoxy) is 1. The van der Waals surface area contributed by atoms with Crippen LogP contribution < -0.4 is 16.8 Å². The van der Waals surface area contributed by atoms with E-state index in [4.69, 9.17) is 26.2 Å². The monoisotopic (exact) mass is 604 g/mol. The zero-order valence-electron chi connectivity index (χ0n) is 26.9. The summed E-state index contributed by atoms with van der Waals surface area (Å²) in [6.07, 6.45) is 4.92. The van der Waals surface area contributed by atoms with Gasteiger partial charge in [0.2, 0.25) is 0 Å². The number of aromatic nitrogens is 2. The van der Waals surface area contributed by atoms with Gasteiger partial charge in [-0.05, 0) is 107 Å². The second-order valence-electron chi connectivity index (χ2n) is 12.9. The Bertz CT molecular complexity index is 1690. The molecule has 2 heterocycles. The standard InChI is InChI=1S/C37H44N6O2/c1-24(27-12-14-29(15-13-27)37(19-8-20-37)43-35(44)45-36(3,4)5)33(30-11-7-22-40-34(30)39)42-31-16-17-32(41-25(31)2)28-10-6-9-26(23-28)18-21-38/h6-7,9-17,22-24H,8,18-21,38H2,1-5H3,(H2,39,40)(H,43,44)/t24-/m0/s1. The van der Waals surface area contributed by atoms with Gasteiger partial charge in [0.05, 0.1) is 28.3 Å². The zero-order valence-corrected chi connectivity index (χ0v) is 26.9. The number of aliphatic imine (C=N–C) groups is 1. The molecule has 5 rings (SSSR count). The molecule has 1 atom stereocenters. The number of hydrogen-bond donors (Lipinski definition) is 3. The van der Waals surface area contributed by atoms with E-state index in [-0.39, 0.29) is 12.0 Å². The van der Waals surface area contributed by atoms with Gasteiger partial charge in [0.25, 0.3) is 0 Å². The number of carbonyl (C=O) groups is 1. The summed E-state index contributed by atoms with van der Waals surface area (Å²) in [5, 5.41) is 3.15. The van der Waals surface area contributed by atoms with E-state index in [1.54, 1.807) is 6.20 Å². The molecular formula is C37H44N6O2. The summed E-state index contributed by atoms with van der Waals surface area (Å²) in [4.78, 5) is 27.1. The second kappa shape index (κ2) is 13.2. The Labute approximate surface area is 266 Å². The summed E-state index contributed by atoms with van der Waals surface area (Å²) in [6.45, 7) is 10.3. The molecule has 1 fully saturated rings. The van der Waals surface area contributed by atoms with Crippen molar-refractivity contribution < 1.29 is 9.53 Å². The molecule has 2 aromatic carbocycles. The quantitative estimate of drug-likeness (QED) is 0.171. The highest BCUT2D eigenvalue weighted by molar-refractivity contribution is 6.09. The molecule has 0 bridgehead atoms. The van der Waals surface area contributed by atoms with Crippen LogP contribution in [-0.4, -0.2) is 33.9 Å². The Morgan fingerprint density at radius 1 is 1.07 bits per heavy atom. The Kier molecular flexibility index (Phi) is 9.34. The van der Waals surface area contributed by atoms with Crippen molar-refractivity contribution in [1.82, 2.24) is 15.3 Å². The van der Waals surface area contributed by atoms with E-state index in [0.29, 0.717) is 12.4 Å². The van der Waals surface area contributed by atoms with Crippen molar-refractivity contribution in [3.05, 3.63) is 107 Å². The lowest BCUT2D eigenvalue weighted by molar-refractivity contribution is 0.0377. The first kappa shape index (κ1) is 31.9. The lowest BCUT2D eigenvalue weighted by Gasteiger charge is -2.43. The van der Waals surface area contributed by atoms with E-state index < -0.39 is 11.1 Å². The van der Waals surface area contributed by atoms with Crippen LogP contribution in [0.1, 0.15) is 80.8 Å². The largest absolute Gasteiger partial charge is 0.444 e. The molecule has 1 saturated carbocycles. The summed E-state index contributed by atoms with van der Waals surface area (Å²) in [7, 11) is 0. The molecule has 0 spiro atoms. The fraction of sp³-hybridized carbons (Fsp3) is 0.351. The van der Waals surface area contributed by atoms with Crippen molar-refractivity contribution in [1.29, 1.82) is 0 Å². The second-order valence-corrected chi connectivity index (χ2v) is 12.9. The number of nitrogens with two attached hydrogens (primary N) is 2. The van der Waals surface area contributed by atoms with Gasteiger partial charge in [0.15, 0.2) is 0 Å². The molecule has 0 aliphatic heterocycles. The molecule has 0 radical (unpaired) electrons. The molecular weight excluding hydrogens is 560 g/mol. The van der Waals surface area contributed by atoms with Gasteiger partial charge in [0, 0.05) is 23.2 Å². The van der Waals surface area contributed by atoms with Crippen LogP contribution in [-0.2, 0) is 16.7 Å². The van der Waals surface area contributed by atoms with E-state index >= 15 is 0 Å². The Morgan fingerprint density at radius 3 is 2.44 bits per heavy atom. The highest BCUT2D eigenvalue weighted by atomic mass is 16.6. The van der Waals surface area contributed by atoms with Crippen LogP contribution in [0, 0.1) is 6.92 Å². The molecule has 5 N–H and O–H groups in total. The van der Waals surface area contributed by atoms with Crippen molar-refractivity contribution in [2.45, 2.75) is 77.4 Å².